The number of hydrogen-bond acceptors (Lipinski definition) is 3. The lowest BCUT2D eigenvalue weighted by Crippen LogP contribution is -2.25. The predicted octanol–water partition coefficient (Wildman–Crippen LogP) is 4.02. The van der Waals surface area contributed by atoms with Crippen molar-refractivity contribution in [3.8, 4) is 11.1 Å². The normalized spacial score (nSPS) is 11.0. The summed E-state index contributed by atoms with van der Waals surface area (Å²) < 4.78 is 53.8. The first-order valence-electron chi connectivity index (χ1n) is 8.52. The zero-order valence-corrected chi connectivity index (χ0v) is 16.0. The molecule has 0 heterocycles. The van der Waals surface area contributed by atoms with Crippen molar-refractivity contribution >= 4 is 10.0 Å². The number of sulfonamides is 1. The molecule has 4 nitrogen and oxygen atoms in total. The Bertz CT molecular complexity index is 824. The smallest absolute Gasteiger partial charge is 0.240 e. The maximum atomic E-state index is 13.9. The zero-order valence-electron chi connectivity index (χ0n) is 15.2. The van der Waals surface area contributed by atoms with Crippen molar-refractivity contribution in [1.82, 2.24) is 4.72 Å². The Labute approximate surface area is 153 Å². The maximum absolute atomic E-state index is 13.9. The Kier molecular flexibility index (Phi) is 8.84. The van der Waals surface area contributed by atoms with E-state index in [0.29, 0.717) is 24.0 Å². The molecule has 0 aliphatic heterocycles. The lowest BCUT2D eigenvalue weighted by Gasteiger charge is -2.11. The fraction of sp³-hybridized carbons (Fsp3) is 0.368. The van der Waals surface area contributed by atoms with Gasteiger partial charge in [-0.15, -0.1) is 0 Å². The molecule has 0 amide bonds. The second kappa shape index (κ2) is 10.4. The average Bonchev–Trinajstić information content (AvgIpc) is 2.61. The summed E-state index contributed by atoms with van der Waals surface area (Å²) in [6.45, 7) is 5.91. The van der Waals surface area contributed by atoms with Crippen LogP contribution in [0.2, 0.25) is 0 Å². The van der Waals surface area contributed by atoms with Gasteiger partial charge in [0.05, 0.1) is 4.90 Å². The fourth-order valence-corrected chi connectivity index (χ4v) is 3.50. The predicted molar refractivity (Wildman–Crippen MR) is 99.4 cm³/mol. The van der Waals surface area contributed by atoms with Crippen molar-refractivity contribution in [2.24, 2.45) is 0 Å². The number of rotatable bonds is 7. The van der Waals surface area contributed by atoms with Gasteiger partial charge in [0.15, 0.2) is 0 Å². The molecule has 7 heteroatoms. The van der Waals surface area contributed by atoms with Crippen LogP contribution in [-0.4, -0.2) is 26.7 Å². The Balaban J connectivity index is 0.00000163. The van der Waals surface area contributed by atoms with E-state index in [1.165, 1.54) is 24.3 Å². The van der Waals surface area contributed by atoms with Crippen molar-refractivity contribution in [1.29, 1.82) is 0 Å². The molecule has 0 saturated heterocycles. The molecular formula is C19H25F2NO3S. The lowest BCUT2D eigenvalue weighted by atomic mass is 10.0. The van der Waals surface area contributed by atoms with Crippen LogP contribution < -0.4 is 4.72 Å². The molecule has 0 spiro atoms. The Hall–Kier alpha value is -1.83. The van der Waals surface area contributed by atoms with Gasteiger partial charge in [-0.05, 0) is 55.2 Å². The summed E-state index contributed by atoms with van der Waals surface area (Å²) in [7, 11) is -3.66. The van der Waals surface area contributed by atoms with Gasteiger partial charge in [-0.1, -0.05) is 19.9 Å². The second-order valence-electron chi connectivity index (χ2n) is 5.43. The third-order valence-electron chi connectivity index (χ3n) is 3.61. The molecule has 0 aromatic heterocycles. The van der Waals surface area contributed by atoms with Crippen LogP contribution in [0.3, 0.4) is 0 Å². The van der Waals surface area contributed by atoms with Gasteiger partial charge in [-0.2, -0.15) is 0 Å². The van der Waals surface area contributed by atoms with Gasteiger partial charge in [-0.25, -0.2) is 21.9 Å². The van der Waals surface area contributed by atoms with Gasteiger partial charge in [0.2, 0.25) is 10.0 Å². The van der Waals surface area contributed by atoms with Crippen LogP contribution in [0, 0.1) is 18.6 Å². The molecule has 2 aromatic carbocycles. The van der Waals surface area contributed by atoms with Crippen LogP contribution in [0.5, 0.6) is 0 Å². The summed E-state index contributed by atoms with van der Waals surface area (Å²) in [6, 6.07) is 7.63. The van der Waals surface area contributed by atoms with Crippen LogP contribution in [0.15, 0.2) is 41.3 Å². The minimum Gasteiger partial charge on any atom is -0.396 e. The third kappa shape index (κ3) is 5.86. The lowest BCUT2D eigenvalue weighted by molar-refractivity contribution is 0.285. The van der Waals surface area contributed by atoms with Crippen molar-refractivity contribution in [3.05, 3.63) is 53.6 Å². The van der Waals surface area contributed by atoms with E-state index in [2.05, 4.69) is 4.72 Å². The average molecular weight is 385 g/mol. The molecule has 26 heavy (non-hydrogen) atoms. The van der Waals surface area contributed by atoms with Gasteiger partial charge in [0.1, 0.15) is 11.6 Å². The molecule has 0 fully saturated rings. The van der Waals surface area contributed by atoms with E-state index < -0.39 is 21.7 Å². The molecule has 0 saturated carbocycles. The first-order valence-corrected chi connectivity index (χ1v) is 10.00. The SMILES string of the molecule is CC.Cc1cc(S(=O)(=O)NCCCCO)ccc1-c1ccc(F)cc1F. The summed E-state index contributed by atoms with van der Waals surface area (Å²) >= 11 is 0. The molecular weight excluding hydrogens is 360 g/mol. The number of aliphatic hydroxyl groups excluding tert-OH is 1. The van der Waals surface area contributed by atoms with E-state index in [1.807, 2.05) is 13.8 Å². The molecule has 0 bridgehead atoms. The van der Waals surface area contributed by atoms with Crippen molar-refractivity contribution in [2.75, 3.05) is 13.2 Å². The van der Waals surface area contributed by atoms with E-state index in [0.717, 1.165) is 12.1 Å². The molecule has 0 aliphatic rings. The highest BCUT2D eigenvalue weighted by Crippen LogP contribution is 2.28. The largest absolute Gasteiger partial charge is 0.396 e. The first-order chi connectivity index (χ1) is 12.3. The van der Waals surface area contributed by atoms with Crippen LogP contribution in [-0.2, 0) is 10.0 Å². The molecule has 0 radical (unpaired) electrons. The molecule has 144 valence electrons. The summed E-state index contributed by atoms with van der Waals surface area (Å²) in [5.74, 6) is -1.36. The number of benzene rings is 2. The minimum absolute atomic E-state index is 0.0127. The van der Waals surface area contributed by atoms with E-state index in [-0.39, 0.29) is 23.6 Å². The fourth-order valence-electron chi connectivity index (χ4n) is 2.34. The van der Waals surface area contributed by atoms with E-state index in [9.17, 15) is 17.2 Å². The number of nitrogens with one attached hydrogen (secondary N) is 1. The summed E-state index contributed by atoms with van der Waals surface area (Å²) in [6.07, 6.45) is 1.05. The van der Waals surface area contributed by atoms with Crippen LogP contribution in [0.1, 0.15) is 32.3 Å². The molecule has 2 aromatic rings. The standard InChI is InChI=1S/C17H19F2NO3S.C2H6/c1-12-10-14(24(22,23)20-8-2-3-9-21)5-7-15(12)16-6-4-13(18)11-17(16)19;1-2/h4-7,10-11,20-21H,2-3,8-9H2,1H3;1-2H3. The van der Waals surface area contributed by atoms with Gasteiger partial charge >= 0.3 is 0 Å². The Morgan fingerprint density at radius 3 is 2.23 bits per heavy atom. The Morgan fingerprint density at radius 2 is 1.65 bits per heavy atom. The molecule has 2 rings (SSSR count). The molecule has 0 unspecified atom stereocenters. The number of unbranched alkanes of at least 4 members (excludes halogenated alkanes) is 1. The van der Waals surface area contributed by atoms with Crippen molar-refractivity contribution in [2.45, 2.75) is 38.5 Å². The monoisotopic (exact) mass is 385 g/mol. The van der Waals surface area contributed by atoms with Gasteiger partial charge in [0.25, 0.3) is 0 Å². The molecule has 0 atom stereocenters. The second-order valence-corrected chi connectivity index (χ2v) is 7.20. The summed E-state index contributed by atoms with van der Waals surface area (Å²) in [4.78, 5) is 0.0790. The third-order valence-corrected chi connectivity index (χ3v) is 5.07. The van der Waals surface area contributed by atoms with Crippen molar-refractivity contribution in [3.63, 3.8) is 0 Å². The van der Waals surface area contributed by atoms with Gasteiger partial charge in [0, 0.05) is 24.8 Å². The molecule has 0 aliphatic carbocycles. The molecule has 2 N–H and O–H groups in total. The highest BCUT2D eigenvalue weighted by Gasteiger charge is 2.16. The van der Waals surface area contributed by atoms with E-state index in [1.54, 1.807) is 6.92 Å². The number of hydrogen-bond donors (Lipinski definition) is 2. The van der Waals surface area contributed by atoms with Gasteiger partial charge < -0.3 is 5.11 Å². The zero-order chi connectivity index (χ0) is 19.7. The summed E-state index contributed by atoms with van der Waals surface area (Å²) in [5, 5.41) is 8.70. The highest BCUT2D eigenvalue weighted by molar-refractivity contribution is 7.89. The van der Waals surface area contributed by atoms with Crippen molar-refractivity contribution < 1.29 is 22.3 Å². The highest BCUT2D eigenvalue weighted by atomic mass is 32.2. The Morgan fingerprint density at radius 1 is 1.00 bits per heavy atom. The number of halogens is 2. The topological polar surface area (TPSA) is 66.4 Å². The van der Waals surface area contributed by atoms with Crippen LogP contribution >= 0.6 is 0 Å². The number of aryl methyl sites for hydroxylation is 1. The maximum Gasteiger partial charge on any atom is 0.240 e. The van der Waals surface area contributed by atoms with Crippen LogP contribution in [0.4, 0.5) is 8.78 Å². The first kappa shape index (κ1) is 22.2. The van der Waals surface area contributed by atoms with Crippen LogP contribution in [0.25, 0.3) is 11.1 Å². The minimum atomic E-state index is -3.66. The van der Waals surface area contributed by atoms with E-state index >= 15 is 0 Å². The number of aliphatic hydroxyl groups is 1. The van der Waals surface area contributed by atoms with E-state index in [4.69, 9.17) is 5.11 Å². The van der Waals surface area contributed by atoms with Gasteiger partial charge in [-0.3, -0.25) is 0 Å². The quantitative estimate of drug-likeness (QED) is 0.708. The summed E-state index contributed by atoms with van der Waals surface area (Å²) in [5.41, 5.74) is 1.29.